The summed E-state index contributed by atoms with van der Waals surface area (Å²) in [5, 5.41) is 10.8. The van der Waals surface area contributed by atoms with Crippen molar-refractivity contribution in [1.82, 2.24) is 4.72 Å². The number of sulfonamides is 1. The van der Waals surface area contributed by atoms with Crippen molar-refractivity contribution in [3.05, 3.63) is 63.7 Å². The largest absolute Gasteiger partial charge is 0.492 e. The van der Waals surface area contributed by atoms with Crippen LogP contribution >= 0.6 is 0 Å². The van der Waals surface area contributed by atoms with Crippen LogP contribution in [0, 0.1) is 17.0 Å². The van der Waals surface area contributed by atoms with Gasteiger partial charge >= 0.3 is 0 Å². The summed E-state index contributed by atoms with van der Waals surface area (Å²) in [6, 6.07) is 11.3. The van der Waals surface area contributed by atoms with Gasteiger partial charge in [0.2, 0.25) is 10.0 Å². The Kier molecular flexibility index (Phi) is 6.33. The Balaban J connectivity index is 2.00. The van der Waals surface area contributed by atoms with Gasteiger partial charge in [0.25, 0.3) is 5.69 Å². The summed E-state index contributed by atoms with van der Waals surface area (Å²) in [5.74, 6) is 1.03. The zero-order chi connectivity index (χ0) is 19.3. The molecule has 0 saturated carbocycles. The van der Waals surface area contributed by atoms with Gasteiger partial charge in [-0.25, -0.2) is 13.1 Å². The van der Waals surface area contributed by atoms with Crippen LogP contribution in [-0.2, 0) is 10.0 Å². The lowest BCUT2D eigenvalue weighted by Crippen LogP contribution is -2.29. The van der Waals surface area contributed by atoms with Crippen LogP contribution in [0.15, 0.2) is 47.4 Å². The second-order valence-corrected chi connectivity index (χ2v) is 7.88. The van der Waals surface area contributed by atoms with Crippen LogP contribution < -0.4 is 9.46 Å². The number of ether oxygens (including phenoxy) is 1. The molecule has 2 rings (SSSR count). The average molecular weight is 378 g/mol. The number of hydrogen-bond acceptors (Lipinski definition) is 5. The van der Waals surface area contributed by atoms with Gasteiger partial charge in [0.15, 0.2) is 0 Å². The molecule has 2 aromatic rings. The van der Waals surface area contributed by atoms with E-state index >= 15 is 0 Å². The summed E-state index contributed by atoms with van der Waals surface area (Å²) in [4.78, 5) is 10.2. The summed E-state index contributed by atoms with van der Waals surface area (Å²) >= 11 is 0. The molecule has 1 N–H and O–H groups in total. The van der Waals surface area contributed by atoms with Gasteiger partial charge in [0.1, 0.15) is 12.4 Å². The Morgan fingerprint density at radius 1 is 1.19 bits per heavy atom. The maximum atomic E-state index is 12.4. The van der Waals surface area contributed by atoms with E-state index in [1.165, 1.54) is 25.1 Å². The number of hydrogen-bond donors (Lipinski definition) is 1. The lowest BCUT2D eigenvalue weighted by molar-refractivity contribution is -0.385. The highest BCUT2D eigenvalue weighted by Crippen LogP contribution is 2.25. The summed E-state index contributed by atoms with van der Waals surface area (Å²) < 4.78 is 32.9. The smallest absolute Gasteiger partial charge is 0.269 e. The number of rotatable bonds is 8. The van der Waals surface area contributed by atoms with Crippen LogP contribution in [0.4, 0.5) is 5.69 Å². The minimum absolute atomic E-state index is 0.0191. The molecule has 0 aliphatic heterocycles. The van der Waals surface area contributed by atoms with Gasteiger partial charge in [-0.05, 0) is 36.1 Å². The number of nitrogens with one attached hydrogen (secondary N) is 1. The van der Waals surface area contributed by atoms with Crippen molar-refractivity contribution in [1.29, 1.82) is 0 Å². The van der Waals surface area contributed by atoms with E-state index in [4.69, 9.17) is 4.74 Å². The predicted molar refractivity (Wildman–Crippen MR) is 99.0 cm³/mol. The van der Waals surface area contributed by atoms with Crippen molar-refractivity contribution < 1.29 is 18.1 Å². The molecule has 140 valence electrons. The molecule has 0 bridgehead atoms. The molecule has 2 aromatic carbocycles. The zero-order valence-electron chi connectivity index (χ0n) is 14.9. The topological polar surface area (TPSA) is 98.5 Å². The van der Waals surface area contributed by atoms with Gasteiger partial charge in [-0.2, -0.15) is 0 Å². The average Bonchev–Trinajstić information content (AvgIpc) is 2.58. The summed E-state index contributed by atoms with van der Waals surface area (Å²) in [6.45, 7) is 5.90. The van der Waals surface area contributed by atoms with Crippen LogP contribution in [0.5, 0.6) is 5.75 Å². The molecule has 0 aromatic heterocycles. The second kappa shape index (κ2) is 8.29. The van der Waals surface area contributed by atoms with E-state index in [1.807, 2.05) is 24.3 Å². The minimum Gasteiger partial charge on any atom is -0.492 e. The summed E-state index contributed by atoms with van der Waals surface area (Å²) in [7, 11) is -3.77. The van der Waals surface area contributed by atoms with E-state index in [0.717, 1.165) is 11.3 Å². The Bertz CT molecular complexity index is 894. The monoisotopic (exact) mass is 378 g/mol. The van der Waals surface area contributed by atoms with Crippen molar-refractivity contribution in [2.45, 2.75) is 31.6 Å². The Morgan fingerprint density at radius 3 is 2.50 bits per heavy atom. The molecule has 0 aliphatic carbocycles. The molecule has 0 radical (unpaired) electrons. The van der Waals surface area contributed by atoms with E-state index in [-0.39, 0.29) is 23.7 Å². The highest BCUT2D eigenvalue weighted by atomic mass is 32.2. The first-order valence-electron chi connectivity index (χ1n) is 8.19. The molecule has 0 aliphatic rings. The fourth-order valence-corrected chi connectivity index (χ4v) is 3.79. The van der Waals surface area contributed by atoms with Gasteiger partial charge in [-0.1, -0.05) is 32.0 Å². The number of nitro benzene ring substituents is 1. The van der Waals surface area contributed by atoms with Gasteiger partial charge in [0.05, 0.1) is 9.82 Å². The quantitative estimate of drug-likeness (QED) is 0.431. The van der Waals surface area contributed by atoms with E-state index in [9.17, 15) is 18.5 Å². The van der Waals surface area contributed by atoms with E-state index < -0.39 is 14.9 Å². The highest BCUT2D eigenvalue weighted by Gasteiger charge is 2.19. The van der Waals surface area contributed by atoms with Gasteiger partial charge in [0, 0.05) is 18.7 Å². The lowest BCUT2D eigenvalue weighted by atomic mass is 10.0. The first kappa shape index (κ1) is 19.9. The number of nitrogens with zero attached hydrogens (tertiary/aromatic N) is 1. The van der Waals surface area contributed by atoms with Gasteiger partial charge < -0.3 is 4.74 Å². The zero-order valence-corrected chi connectivity index (χ0v) is 15.7. The maximum Gasteiger partial charge on any atom is 0.269 e. The van der Waals surface area contributed by atoms with Crippen LogP contribution in [0.2, 0.25) is 0 Å². The third kappa shape index (κ3) is 4.80. The SMILES string of the molecule is Cc1cc([N+](=O)[O-])ccc1S(=O)(=O)NCCOc1ccccc1C(C)C. The molecule has 0 amide bonds. The van der Waals surface area contributed by atoms with Gasteiger partial charge in [-0.3, -0.25) is 10.1 Å². The molecule has 7 nitrogen and oxygen atoms in total. The van der Waals surface area contributed by atoms with Crippen molar-refractivity contribution in [3.8, 4) is 5.75 Å². The van der Waals surface area contributed by atoms with Crippen LogP contribution in [0.1, 0.15) is 30.9 Å². The van der Waals surface area contributed by atoms with Gasteiger partial charge in [-0.15, -0.1) is 0 Å². The van der Waals surface area contributed by atoms with E-state index in [2.05, 4.69) is 18.6 Å². The third-order valence-electron chi connectivity index (χ3n) is 3.85. The van der Waals surface area contributed by atoms with Crippen molar-refractivity contribution in [2.75, 3.05) is 13.2 Å². The number of aryl methyl sites for hydroxylation is 1. The number of non-ortho nitro benzene ring substituents is 1. The van der Waals surface area contributed by atoms with E-state index in [1.54, 1.807) is 0 Å². The Hall–Kier alpha value is -2.45. The Morgan fingerprint density at radius 2 is 1.88 bits per heavy atom. The molecule has 0 fully saturated rings. The summed E-state index contributed by atoms with van der Waals surface area (Å²) in [5.41, 5.74) is 1.23. The second-order valence-electron chi connectivity index (χ2n) is 6.15. The molecule has 0 saturated heterocycles. The molecular weight excluding hydrogens is 356 g/mol. The summed E-state index contributed by atoms with van der Waals surface area (Å²) in [6.07, 6.45) is 0. The molecule has 0 spiro atoms. The number of para-hydroxylation sites is 1. The molecule has 26 heavy (non-hydrogen) atoms. The first-order chi connectivity index (χ1) is 12.2. The molecule has 0 heterocycles. The van der Waals surface area contributed by atoms with Crippen LogP contribution in [0.3, 0.4) is 0 Å². The van der Waals surface area contributed by atoms with E-state index in [0.29, 0.717) is 11.5 Å². The molecule has 0 atom stereocenters. The molecule has 8 heteroatoms. The van der Waals surface area contributed by atoms with Crippen LogP contribution in [0.25, 0.3) is 0 Å². The minimum atomic E-state index is -3.77. The number of nitro groups is 1. The normalized spacial score (nSPS) is 11.5. The molecule has 0 unspecified atom stereocenters. The lowest BCUT2D eigenvalue weighted by Gasteiger charge is -2.14. The fourth-order valence-electron chi connectivity index (χ4n) is 2.55. The number of benzene rings is 2. The van der Waals surface area contributed by atoms with Crippen molar-refractivity contribution in [2.24, 2.45) is 0 Å². The van der Waals surface area contributed by atoms with Crippen LogP contribution in [-0.4, -0.2) is 26.5 Å². The molecular formula is C18H22N2O5S. The highest BCUT2D eigenvalue weighted by molar-refractivity contribution is 7.89. The van der Waals surface area contributed by atoms with Crippen molar-refractivity contribution >= 4 is 15.7 Å². The maximum absolute atomic E-state index is 12.4. The third-order valence-corrected chi connectivity index (χ3v) is 5.47. The standard InChI is InChI=1S/C18H22N2O5S/c1-13(2)16-6-4-5-7-17(16)25-11-10-19-26(23,24)18-9-8-15(20(21)22)12-14(18)3/h4-9,12-13,19H,10-11H2,1-3H3. The Labute approximate surface area is 153 Å². The van der Waals surface area contributed by atoms with Crippen molar-refractivity contribution in [3.63, 3.8) is 0 Å². The predicted octanol–water partition coefficient (Wildman–Crippen LogP) is 3.38. The fraction of sp³-hybridized carbons (Fsp3) is 0.333. The first-order valence-corrected chi connectivity index (χ1v) is 9.67.